The first kappa shape index (κ1) is 21.1. The fraction of sp³-hybridized carbons (Fsp3) is 0.556. The number of nitrogens with one attached hydrogen (secondary N) is 2. The van der Waals surface area contributed by atoms with Crippen LogP contribution in [0.15, 0.2) is 24.3 Å². The number of carbonyl (C=O) groups is 2. The third-order valence-electron chi connectivity index (χ3n) is 4.49. The largest absolute Gasteiger partial charge is 0.406 e. The Morgan fingerprint density at radius 1 is 1.30 bits per heavy atom. The maximum atomic E-state index is 13.1. The van der Waals surface area contributed by atoms with Crippen LogP contribution in [0.1, 0.15) is 19.8 Å². The van der Waals surface area contributed by atoms with Gasteiger partial charge in [0, 0.05) is 11.7 Å². The zero-order valence-electron chi connectivity index (χ0n) is 15.3. The number of quaternary nitrogens is 1. The van der Waals surface area contributed by atoms with Crippen LogP contribution in [0.25, 0.3) is 0 Å². The molecular formula is C18H24F4N3O2+. The Morgan fingerprint density at radius 2 is 1.96 bits per heavy atom. The van der Waals surface area contributed by atoms with Gasteiger partial charge in [0.05, 0.1) is 7.05 Å². The maximum Gasteiger partial charge on any atom is 0.406 e. The molecule has 0 radical (unpaired) electrons. The summed E-state index contributed by atoms with van der Waals surface area (Å²) >= 11 is 0. The average molecular weight is 390 g/mol. The van der Waals surface area contributed by atoms with Crippen molar-refractivity contribution in [2.75, 3.05) is 32.0 Å². The molecule has 0 aromatic heterocycles. The minimum atomic E-state index is -4.47. The molecule has 1 saturated carbocycles. The van der Waals surface area contributed by atoms with Crippen molar-refractivity contribution in [3.8, 4) is 0 Å². The van der Waals surface area contributed by atoms with Gasteiger partial charge < -0.3 is 15.1 Å². The van der Waals surface area contributed by atoms with Crippen molar-refractivity contribution in [2.45, 2.75) is 32.0 Å². The van der Waals surface area contributed by atoms with Crippen LogP contribution in [-0.4, -0.2) is 55.6 Å². The molecule has 5 nitrogen and oxygen atoms in total. The Morgan fingerprint density at radius 3 is 2.52 bits per heavy atom. The number of alkyl halides is 3. The van der Waals surface area contributed by atoms with Gasteiger partial charge in [0.25, 0.3) is 11.8 Å². The molecular weight excluding hydrogens is 366 g/mol. The van der Waals surface area contributed by atoms with Crippen LogP contribution < -0.4 is 10.2 Å². The quantitative estimate of drug-likeness (QED) is 0.661. The Labute approximate surface area is 155 Å². The summed E-state index contributed by atoms with van der Waals surface area (Å²) in [5, 5.41) is 2.50. The molecule has 1 aliphatic carbocycles. The lowest BCUT2D eigenvalue weighted by Gasteiger charge is -2.30. The van der Waals surface area contributed by atoms with E-state index in [-0.39, 0.29) is 24.7 Å². The second-order valence-corrected chi connectivity index (χ2v) is 7.08. The van der Waals surface area contributed by atoms with Crippen LogP contribution in [0.3, 0.4) is 0 Å². The minimum absolute atomic E-state index is 0.105. The van der Waals surface area contributed by atoms with E-state index in [1.54, 1.807) is 14.0 Å². The molecule has 150 valence electrons. The molecule has 0 saturated heterocycles. The highest BCUT2D eigenvalue weighted by atomic mass is 19.4. The summed E-state index contributed by atoms with van der Waals surface area (Å²) in [6, 6.07) is 4.87. The van der Waals surface area contributed by atoms with Crippen molar-refractivity contribution >= 4 is 17.5 Å². The standard InChI is InChI=1S/C18H23F4N3O2/c1-12(13-6-7-13)25(11-18(20,21)22)17(27)10-24(2)9-16(26)23-15-5-3-4-14(19)8-15/h3-5,8,12-13H,6-7,9-11H2,1-2H3,(H,23,26)/p+1/t12-/m0/s1. The minimum Gasteiger partial charge on any atom is -0.326 e. The van der Waals surface area contributed by atoms with E-state index in [0.717, 1.165) is 23.8 Å². The van der Waals surface area contributed by atoms with Gasteiger partial charge in [-0.05, 0) is 43.9 Å². The van der Waals surface area contributed by atoms with Crippen molar-refractivity contribution in [1.82, 2.24) is 4.90 Å². The van der Waals surface area contributed by atoms with E-state index in [9.17, 15) is 27.2 Å². The monoisotopic (exact) mass is 390 g/mol. The molecule has 0 aliphatic heterocycles. The molecule has 1 aliphatic rings. The van der Waals surface area contributed by atoms with E-state index < -0.39 is 36.4 Å². The van der Waals surface area contributed by atoms with Gasteiger partial charge in [-0.2, -0.15) is 13.2 Å². The van der Waals surface area contributed by atoms with E-state index in [1.165, 1.54) is 18.2 Å². The third kappa shape index (κ3) is 7.16. The molecule has 1 unspecified atom stereocenters. The molecule has 0 bridgehead atoms. The van der Waals surface area contributed by atoms with Crippen LogP contribution in [0.2, 0.25) is 0 Å². The number of halogens is 4. The Kier molecular flexibility index (Phi) is 6.80. The summed E-state index contributed by atoms with van der Waals surface area (Å²) in [5.74, 6) is -1.49. The van der Waals surface area contributed by atoms with E-state index in [4.69, 9.17) is 0 Å². The van der Waals surface area contributed by atoms with Gasteiger partial charge in [-0.1, -0.05) is 6.07 Å². The van der Waals surface area contributed by atoms with E-state index in [0.29, 0.717) is 4.90 Å². The maximum absolute atomic E-state index is 13.1. The molecule has 0 heterocycles. The predicted molar refractivity (Wildman–Crippen MR) is 91.6 cm³/mol. The average Bonchev–Trinajstić information content (AvgIpc) is 3.35. The summed E-state index contributed by atoms with van der Waals surface area (Å²) in [7, 11) is 1.55. The second-order valence-electron chi connectivity index (χ2n) is 7.08. The third-order valence-corrected chi connectivity index (χ3v) is 4.49. The summed E-state index contributed by atoms with van der Waals surface area (Å²) in [6.07, 6.45) is -2.83. The van der Waals surface area contributed by atoms with Crippen LogP contribution in [-0.2, 0) is 9.59 Å². The molecule has 27 heavy (non-hydrogen) atoms. The normalized spacial score (nSPS) is 16.5. The Hall–Kier alpha value is -2.16. The molecule has 1 aromatic rings. The number of rotatable bonds is 8. The van der Waals surface area contributed by atoms with Gasteiger partial charge in [0.15, 0.2) is 13.1 Å². The van der Waals surface area contributed by atoms with E-state index in [2.05, 4.69) is 5.32 Å². The summed E-state index contributed by atoms with van der Waals surface area (Å²) in [4.78, 5) is 25.7. The lowest BCUT2D eigenvalue weighted by molar-refractivity contribution is -0.862. The molecule has 2 N–H and O–H groups in total. The fourth-order valence-corrected chi connectivity index (χ4v) is 2.95. The van der Waals surface area contributed by atoms with Gasteiger partial charge in [0.2, 0.25) is 0 Å². The van der Waals surface area contributed by atoms with Crippen molar-refractivity contribution in [3.63, 3.8) is 0 Å². The number of carbonyl (C=O) groups excluding carboxylic acids is 2. The summed E-state index contributed by atoms with van der Waals surface area (Å²) < 4.78 is 51.6. The van der Waals surface area contributed by atoms with Gasteiger partial charge in [-0.25, -0.2) is 4.39 Å². The molecule has 0 spiro atoms. The molecule has 1 fully saturated rings. The Balaban J connectivity index is 1.90. The highest BCUT2D eigenvalue weighted by Crippen LogP contribution is 2.36. The number of likely N-dealkylation sites (N-methyl/N-ethyl adjacent to an activating group) is 1. The van der Waals surface area contributed by atoms with Crippen molar-refractivity contribution in [1.29, 1.82) is 0 Å². The number of nitrogens with zero attached hydrogens (tertiary/aromatic N) is 1. The first-order valence-corrected chi connectivity index (χ1v) is 8.78. The van der Waals surface area contributed by atoms with Crippen molar-refractivity contribution < 1.29 is 32.1 Å². The van der Waals surface area contributed by atoms with Gasteiger partial charge in [0.1, 0.15) is 12.4 Å². The summed E-state index contributed by atoms with van der Waals surface area (Å²) in [5.41, 5.74) is 0.278. The van der Waals surface area contributed by atoms with Gasteiger partial charge in [-0.3, -0.25) is 9.59 Å². The predicted octanol–water partition coefficient (Wildman–Crippen LogP) is 1.47. The first-order valence-electron chi connectivity index (χ1n) is 8.78. The van der Waals surface area contributed by atoms with Crippen molar-refractivity contribution in [2.24, 2.45) is 5.92 Å². The number of benzene rings is 1. The zero-order valence-corrected chi connectivity index (χ0v) is 15.3. The van der Waals surface area contributed by atoms with Crippen LogP contribution >= 0.6 is 0 Å². The van der Waals surface area contributed by atoms with E-state index in [1.807, 2.05) is 0 Å². The number of hydrogen-bond acceptors (Lipinski definition) is 2. The zero-order chi connectivity index (χ0) is 20.2. The molecule has 2 amide bonds. The molecule has 9 heteroatoms. The SMILES string of the molecule is C[C@@H](C1CC1)N(CC(F)(F)F)C(=O)C[NH+](C)CC(=O)Nc1cccc(F)c1. The lowest BCUT2D eigenvalue weighted by Crippen LogP contribution is -3.11. The van der Waals surface area contributed by atoms with E-state index >= 15 is 0 Å². The van der Waals surface area contributed by atoms with Gasteiger partial charge in [-0.15, -0.1) is 0 Å². The van der Waals surface area contributed by atoms with Crippen LogP contribution in [0.4, 0.5) is 23.2 Å². The topological polar surface area (TPSA) is 53.9 Å². The number of hydrogen-bond donors (Lipinski definition) is 2. The van der Waals surface area contributed by atoms with Crippen molar-refractivity contribution in [3.05, 3.63) is 30.1 Å². The second kappa shape index (κ2) is 8.69. The highest BCUT2D eigenvalue weighted by Gasteiger charge is 2.41. The molecule has 2 atom stereocenters. The Bertz CT molecular complexity index is 677. The molecule has 1 aromatic carbocycles. The first-order chi connectivity index (χ1) is 12.5. The fourth-order valence-electron chi connectivity index (χ4n) is 2.95. The number of anilines is 1. The molecule has 2 rings (SSSR count). The van der Waals surface area contributed by atoms with Crippen LogP contribution in [0.5, 0.6) is 0 Å². The van der Waals surface area contributed by atoms with Crippen LogP contribution in [0, 0.1) is 11.7 Å². The summed E-state index contributed by atoms with van der Waals surface area (Å²) in [6.45, 7) is -0.0107. The highest BCUT2D eigenvalue weighted by molar-refractivity contribution is 5.91. The lowest BCUT2D eigenvalue weighted by atomic mass is 10.1. The smallest absolute Gasteiger partial charge is 0.326 e. The van der Waals surface area contributed by atoms with Gasteiger partial charge >= 0.3 is 6.18 Å². The number of amides is 2.